The first kappa shape index (κ1) is 18.4. The van der Waals surface area contributed by atoms with E-state index in [1.54, 1.807) is 0 Å². The molecule has 1 atom stereocenters. The molecule has 0 aromatic heterocycles. The Labute approximate surface area is 152 Å². The number of piperidine rings is 1. The lowest BCUT2D eigenvalue weighted by Crippen LogP contribution is -2.55. The Morgan fingerprint density at radius 3 is 2.32 bits per heavy atom. The molecule has 1 aromatic rings. The van der Waals surface area contributed by atoms with Crippen LogP contribution < -0.4 is 0 Å². The fraction of sp³-hybridized carbons (Fsp3) is 0.667. The average molecular weight is 344 g/mol. The predicted octanol–water partition coefficient (Wildman–Crippen LogP) is 2.49. The van der Waals surface area contributed by atoms with Crippen LogP contribution in [0.25, 0.3) is 0 Å². The molecule has 3 rings (SSSR count). The molecular formula is C21H33N3O. The molecule has 1 unspecified atom stereocenters. The fourth-order valence-corrected chi connectivity index (χ4v) is 3.96. The lowest BCUT2D eigenvalue weighted by atomic mass is 9.98. The molecule has 4 nitrogen and oxygen atoms in total. The first-order valence-corrected chi connectivity index (χ1v) is 9.92. The summed E-state index contributed by atoms with van der Waals surface area (Å²) in [5, 5.41) is 0. The van der Waals surface area contributed by atoms with Gasteiger partial charge in [-0.15, -0.1) is 0 Å². The number of carbonyl (C=O) groups is 1. The van der Waals surface area contributed by atoms with E-state index in [4.69, 9.17) is 0 Å². The van der Waals surface area contributed by atoms with Gasteiger partial charge in [-0.05, 0) is 37.7 Å². The maximum Gasteiger partial charge on any atom is 0.239 e. The van der Waals surface area contributed by atoms with Crippen LogP contribution >= 0.6 is 0 Å². The molecule has 1 amide bonds. The van der Waals surface area contributed by atoms with Crippen LogP contribution in [0.1, 0.15) is 32.3 Å². The Morgan fingerprint density at radius 2 is 1.68 bits per heavy atom. The number of rotatable bonds is 5. The molecule has 0 saturated carbocycles. The normalized spacial score (nSPS) is 22.1. The zero-order valence-corrected chi connectivity index (χ0v) is 15.9. The van der Waals surface area contributed by atoms with Crippen LogP contribution in [-0.4, -0.2) is 72.5 Å². The van der Waals surface area contributed by atoms with Crippen molar-refractivity contribution in [2.75, 3.05) is 45.8 Å². The quantitative estimate of drug-likeness (QED) is 0.822. The van der Waals surface area contributed by atoms with Crippen LogP contribution in [0.5, 0.6) is 0 Å². The van der Waals surface area contributed by atoms with Gasteiger partial charge in [-0.25, -0.2) is 0 Å². The first-order valence-electron chi connectivity index (χ1n) is 9.92. The van der Waals surface area contributed by atoms with Crippen LogP contribution in [-0.2, 0) is 11.2 Å². The van der Waals surface area contributed by atoms with Crippen molar-refractivity contribution < 1.29 is 4.79 Å². The molecule has 2 aliphatic heterocycles. The molecule has 0 aliphatic carbocycles. The topological polar surface area (TPSA) is 26.8 Å². The number of benzene rings is 1. The number of hydrogen-bond acceptors (Lipinski definition) is 3. The number of nitrogens with zero attached hydrogens (tertiary/aromatic N) is 3. The highest BCUT2D eigenvalue weighted by atomic mass is 16.2. The summed E-state index contributed by atoms with van der Waals surface area (Å²) in [6.45, 7) is 11.5. The van der Waals surface area contributed by atoms with Crippen molar-refractivity contribution in [1.82, 2.24) is 14.7 Å². The molecule has 0 radical (unpaired) electrons. The van der Waals surface area contributed by atoms with E-state index in [2.05, 4.69) is 58.9 Å². The molecule has 4 heteroatoms. The summed E-state index contributed by atoms with van der Waals surface area (Å²) < 4.78 is 0. The molecule has 2 saturated heterocycles. The third-order valence-electron chi connectivity index (χ3n) is 5.97. The number of amides is 1. The minimum Gasteiger partial charge on any atom is -0.341 e. The Balaban J connectivity index is 1.41. The summed E-state index contributed by atoms with van der Waals surface area (Å²) in [7, 11) is 0. The molecule has 2 fully saturated rings. The van der Waals surface area contributed by atoms with Gasteiger partial charge < -0.3 is 9.80 Å². The minimum absolute atomic E-state index is 0.0321. The van der Waals surface area contributed by atoms with E-state index in [1.807, 2.05) is 0 Å². The van der Waals surface area contributed by atoms with Gasteiger partial charge in [0.25, 0.3) is 0 Å². The highest BCUT2D eigenvalue weighted by molar-refractivity contribution is 5.81. The standard InChI is InChI=1S/C21H33N3O/c1-18-8-12-24(13-9-18)21(25)19(2)23-16-14-22(15-17-23)11-10-20-6-4-3-5-7-20/h3-7,18-19H,8-17H2,1-2H3. The number of carbonyl (C=O) groups excluding carboxylic acids is 1. The lowest BCUT2D eigenvalue weighted by Gasteiger charge is -2.40. The Bertz CT molecular complexity index is 531. The second-order valence-electron chi connectivity index (χ2n) is 7.80. The van der Waals surface area contributed by atoms with Gasteiger partial charge in [-0.1, -0.05) is 37.3 Å². The molecule has 2 heterocycles. The Kier molecular flexibility index (Phi) is 6.49. The third-order valence-corrected chi connectivity index (χ3v) is 5.97. The largest absolute Gasteiger partial charge is 0.341 e. The van der Waals surface area contributed by atoms with Crippen molar-refractivity contribution in [1.29, 1.82) is 0 Å². The van der Waals surface area contributed by atoms with Crippen molar-refractivity contribution in [3.05, 3.63) is 35.9 Å². The third kappa shape index (κ3) is 5.05. The predicted molar refractivity (Wildman–Crippen MR) is 103 cm³/mol. The van der Waals surface area contributed by atoms with E-state index in [1.165, 1.54) is 5.56 Å². The van der Waals surface area contributed by atoms with Crippen molar-refractivity contribution in [2.45, 2.75) is 39.2 Å². The van der Waals surface area contributed by atoms with Gasteiger partial charge in [-0.2, -0.15) is 0 Å². The van der Waals surface area contributed by atoms with Gasteiger partial charge in [0.1, 0.15) is 0 Å². The number of hydrogen-bond donors (Lipinski definition) is 0. The summed E-state index contributed by atoms with van der Waals surface area (Å²) in [6, 6.07) is 10.7. The highest BCUT2D eigenvalue weighted by Gasteiger charge is 2.30. The minimum atomic E-state index is 0.0321. The molecule has 2 aliphatic rings. The highest BCUT2D eigenvalue weighted by Crippen LogP contribution is 2.18. The van der Waals surface area contributed by atoms with Gasteiger partial charge in [-0.3, -0.25) is 9.69 Å². The van der Waals surface area contributed by atoms with Crippen LogP contribution in [0.15, 0.2) is 30.3 Å². The molecule has 1 aromatic carbocycles. The molecule has 0 spiro atoms. The van der Waals surface area contributed by atoms with Crippen molar-refractivity contribution >= 4 is 5.91 Å². The molecule has 138 valence electrons. The van der Waals surface area contributed by atoms with Gasteiger partial charge in [0, 0.05) is 45.8 Å². The smallest absolute Gasteiger partial charge is 0.239 e. The van der Waals surface area contributed by atoms with Gasteiger partial charge >= 0.3 is 0 Å². The zero-order valence-electron chi connectivity index (χ0n) is 15.9. The Hall–Kier alpha value is -1.39. The second-order valence-corrected chi connectivity index (χ2v) is 7.80. The molecular weight excluding hydrogens is 310 g/mol. The molecule has 0 N–H and O–H groups in total. The van der Waals surface area contributed by atoms with Crippen molar-refractivity contribution in [3.8, 4) is 0 Å². The fourth-order valence-electron chi connectivity index (χ4n) is 3.96. The maximum atomic E-state index is 12.8. The summed E-state index contributed by atoms with van der Waals surface area (Å²) >= 11 is 0. The summed E-state index contributed by atoms with van der Waals surface area (Å²) in [5.41, 5.74) is 1.41. The van der Waals surface area contributed by atoms with Gasteiger partial charge in [0.05, 0.1) is 6.04 Å². The summed E-state index contributed by atoms with van der Waals surface area (Å²) in [4.78, 5) is 19.8. The van der Waals surface area contributed by atoms with E-state index in [0.717, 1.165) is 71.0 Å². The van der Waals surface area contributed by atoms with E-state index >= 15 is 0 Å². The van der Waals surface area contributed by atoms with Crippen LogP contribution in [0.3, 0.4) is 0 Å². The number of likely N-dealkylation sites (tertiary alicyclic amines) is 1. The second kappa shape index (κ2) is 8.81. The van der Waals surface area contributed by atoms with E-state index in [0.29, 0.717) is 5.91 Å². The molecule has 25 heavy (non-hydrogen) atoms. The summed E-state index contributed by atoms with van der Waals surface area (Å²) in [6.07, 6.45) is 3.43. The maximum absolute atomic E-state index is 12.8. The lowest BCUT2D eigenvalue weighted by molar-refractivity contribution is -0.138. The van der Waals surface area contributed by atoms with Gasteiger partial charge in [0.2, 0.25) is 5.91 Å². The van der Waals surface area contributed by atoms with Crippen molar-refractivity contribution in [3.63, 3.8) is 0 Å². The van der Waals surface area contributed by atoms with E-state index in [-0.39, 0.29) is 6.04 Å². The Morgan fingerprint density at radius 1 is 1.04 bits per heavy atom. The van der Waals surface area contributed by atoms with Gasteiger partial charge in [0.15, 0.2) is 0 Å². The average Bonchev–Trinajstić information content (AvgIpc) is 2.67. The van der Waals surface area contributed by atoms with E-state index in [9.17, 15) is 4.79 Å². The van der Waals surface area contributed by atoms with Crippen molar-refractivity contribution in [2.24, 2.45) is 5.92 Å². The monoisotopic (exact) mass is 343 g/mol. The van der Waals surface area contributed by atoms with E-state index < -0.39 is 0 Å². The summed E-state index contributed by atoms with van der Waals surface area (Å²) in [5.74, 6) is 1.11. The number of piperazine rings is 1. The van der Waals surface area contributed by atoms with Crippen LogP contribution in [0, 0.1) is 5.92 Å². The SMILES string of the molecule is CC1CCN(C(=O)C(C)N2CCN(CCc3ccccc3)CC2)CC1. The van der Waals surface area contributed by atoms with Crippen LogP contribution in [0.2, 0.25) is 0 Å². The van der Waals surface area contributed by atoms with Crippen LogP contribution in [0.4, 0.5) is 0 Å². The zero-order chi connectivity index (χ0) is 17.6. The first-order chi connectivity index (χ1) is 12.1. The molecule has 0 bridgehead atoms.